The lowest BCUT2D eigenvalue weighted by Crippen LogP contribution is -2.38. The SMILES string of the molecule is O=C(Nc1ccc(NC(=O)C2CCN(c3ccc4nncn4n3)CC2)cc1)c1cccs1. The molecule has 32 heavy (non-hydrogen) atoms. The summed E-state index contributed by atoms with van der Waals surface area (Å²) >= 11 is 1.39. The smallest absolute Gasteiger partial charge is 0.265 e. The van der Waals surface area contributed by atoms with Crippen LogP contribution in [0.1, 0.15) is 22.5 Å². The van der Waals surface area contributed by atoms with E-state index in [0.29, 0.717) is 21.9 Å². The van der Waals surface area contributed by atoms with Crippen molar-refractivity contribution in [2.24, 2.45) is 5.92 Å². The van der Waals surface area contributed by atoms with E-state index in [0.717, 1.165) is 31.7 Å². The summed E-state index contributed by atoms with van der Waals surface area (Å²) in [5.74, 6) is 0.683. The van der Waals surface area contributed by atoms with Crippen molar-refractivity contribution in [2.75, 3.05) is 28.6 Å². The Balaban J connectivity index is 1.14. The zero-order valence-corrected chi connectivity index (χ0v) is 18.0. The molecular weight excluding hydrogens is 426 g/mol. The van der Waals surface area contributed by atoms with Crippen LogP contribution in [-0.4, -0.2) is 44.7 Å². The van der Waals surface area contributed by atoms with E-state index in [1.165, 1.54) is 11.3 Å². The number of hydrogen-bond acceptors (Lipinski definition) is 7. The number of aromatic nitrogens is 4. The maximum atomic E-state index is 12.7. The van der Waals surface area contributed by atoms with Gasteiger partial charge in [-0.15, -0.1) is 26.6 Å². The van der Waals surface area contributed by atoms with Crippen LogP contribution in [0.4, 0.5) is 17.2 Å². The fourth-order valence-corrected chi connectivity index (χ4v) is 4.36. The molecule has 0 unspecified atom stereocenters. The Bertz CT molecular complexity index is 1230. The van der Waals surface area contributed by atoms with Gasteiger partial charge < -0.3 is 15.5 Å². The monoisotopic (exact) mass is 447 g/mol. The van der Waals surface area contributed by atoms with Crippen molar-refractivity contribution in [3.8, 4) is 0 Å². The van der Waals surface area contributed by atoms with Gasteiger partial charge in [0.05, 0.1) is 4.88 Å². The number of piperidine rings is 1. The van der Waals surface area contributed by atoms with Crippen molar-refractivity contribution >= 4 is 46.0 Å². The number of rotatable bonds is 5. The van der Waals surface area contributed by atoms with Gasteiger partial charge in [-0.05, 0) is 60.7 Å². The van der Waals surface area contributed by atoms with E-state index in [4.69, 9.17) is 0 Å². The Morgan fingerprint density at radius 1 is 0.969 bits per heavy atom. The van der Waals surface area contributed by atoms with Crippen LogP contribution < -0.4 is 15.5 Å². The molecule has 1 aromatic carbocycles. The minimum atomic E-state index is -0.138. The van der Waals surface area contributed by atoms with Crippen LogP contribution in [0.2, 0.25) is 0 Å². The third-order valence-corrected chi connectivity index (χ3v) is 6.36. The first-order valence-electron chi connectivity index (χ1n) is 10.3. The number of amides is 2. The molecule has 0 saturated carbocycles. The Kier molecular flexibility index (Phi) is 5.51. The molecule has 9 nitrogen and oxygen atoms in total. The van der Waals surface area contributed by atoms with Gasteiger partial charge in [0.25, 0.3) is 5.91 Å². The Morgan fingerprint density at radius 2 is 1.72 bits per heavy atom. The molecule has 0 bridgehead atoms. The van der Waals surface area contributed by atoms with Crippen LogP contribution >= 0.6 is 11.3 Å². The molecule has 5 rings (SSSR count). The molecule has 1 fully saturated rings. The number of fused-ring (bicyclic) bond motifs is 1. The van der Waals surface area contributed by atoms with Crippen molar-refractivity contribution < 1.29 is 9.59 Å². The number of anilines is 3. The van der Waals surface area contributed by atoms with E-state index in [1.54, 1.807) is 41.2 Å². The molecule has 1 aliphatic heterocycles. The first-order chi connectivity index (χ1) is 15.7. The number of benzene rings is 1. The van der Waals surface area contributed by atoms with Gasteiger partial charge in [0, 0.05) is 30.4 Å². The fourth-order valence-electron chi connectivity index (χ4n) is 3.74. The summed E-state index contributed by atoms with van der Waals surface area (Å²) in [5.41, 5.74) is 2.11. The maximum absolute atomic E-state index is 12.7. The maximum Gasteiger partial charge on any atom is 0.265 e. The second kappa shape index (κ2) is 8.75. The summed E-state index contributed by atoms with van der Waals surface area (Å²) in [7, 11) is 0. The van der Waals surface area contributed by atoms with Gasteiger partial charge in [-0.25, -0.2) is 0 Å². The largest absolute Gasteiger partial charge is 0.355 e. The number of thiophene rings is 1. The first kappa shape index (κ1) is 20.1. The predicted molar refractivity (Wildman–Crippen MR) is 123 cm³/mol. The van der Waals surface area contributed by atoms with Crippen LogP contribution in [0.25, 0.3) is 5.65 Å². The van der Waals surface area contributed by atoms with E-state index >= 15 is 0 Å². The second-order valence-corrected chi connectivity index (χ2v) is 8.53. The highest BCUT2D eigenvalue weighted by atomic mass is 32.1. The lowest BCUT2D eigenvalue weighted by Gasteiger charge is -2.32. The summed E-state index contributed by atoms with van der Waals surface area (Å²) in [6.07, 6.45) is 3.09. The molecule has 1 aliphatic rings. The lowest BCUT2D eigenvalue weighted by molar-refractivity contribution is -0.120. The van der Waals surface area contributed by atoms with Crippen molar-refractivity contribution in [2.45, 2.75) is 12.8 Å². The summed E-state index contributed by atoms with van der Waals surface area (Å²) in [5, 5.41) is 20.1. The molecule has 0 atom stereocenters. The van der Waals surface area contributed by atoms with Gasteiger partial charge in [0.1, 0.15) is 12.1 Å². The topological polar surface area (TPSA) is 105 Å². The molecule has 2 N–H and O–H groups in total. The molecule has 0 radical (unpaired) electrons. The van der Waals surface area contributed by atoms with Gasteiger partial charge in [-0.1, -0.05) is 6.07 Å². The zero-order valence-electron chi connectivity index (χ0n) is 17.1. The summed E-state index contributed by atoms with van der Waals surface area (Å²) in [6, 6.07) is 14.6. The predicted octanol–water partition coefficient (Wildman–Crippen LogP) is 3.29. The molecular formula is C22H21N7O2S. The highest BCUT2D eigenvalue weighted by Gasteiger charge is 2.26. The zero-order chi connectivity index (χ0) is 21.9. The average molecular weight is 448 g/mol. The molecule has 2 amide bonds. The molecule has 1 saturated heterocycles. The Hall–Kier alpha value is -3.79. The van der Waals surface area contributed by atoms with Crippen LogP contribution in [0, 0.1) is 5.92 Å². The Morgan fingerprint density at radius 3 is 2.44 bits per heavy atom. The fraction of sp³-hybridized carbons (Fsp3) is 0.227. The second-order valence-electron chi connectivity index (χ2n) is 7.58. The van der Waals surface area contributed by atoms with Gasteiger partial charge in [0.15, 0.2) is 5.65 Å². The quantitative estimate of drug-likeness (QED) is 0.486. The van der Waals surface area contributed by atoms with Crippen LogP contribution in [-0.2, 0) is 4.79 Å². The number of hydrogen-bond donors (Lipinski definition) is 2. The minimum Gasteiger partial charge on any atom is -0.355 e. The van der Waals surface area contributed by atoms with E-state index < -0.39 is 0 Å². The summed E-state index contributed by atoms with van der Waals surface area (Å²) < 4.78 is 1.65. The van der Waals surface area contributed by atoms with Gasteiger partial charge in [-0.3, -0.25) is 9.59 Å². The molecule has 4 aromatic rings. The summed E-state index contributed by atoms with van der Waals surface area (Å²) in [6.45, 7) is 1.51. The third-order valence-electron chi connectivity index (χ3n) is 5.49. The normalized spacial score (nSPS) is 14.4. The summed E-state index contributed by atoms with van der Waals surface area (Å²) in [4.78, 5) is 27.7. The number of carbonyl (C=O) groups excluding carboxylic acids is 2. The molecule has 3 aromatic heterocycles. The van der Waals surface area contributed by atoms with Crippen molar-refractivity contribution in [1.82, 2.24) is 19.8 Å². The van der Waals surface area contributed by atoms with Gasteiger partial charge in [0.2, 0.25) is 5.91 Å². The highest BCUT2D eigenvalue weighted by Crippen LogP contribution is 2.24. The van der Waals surface area contributed by atoms with Gasteiger partial charge >= 0.3 is 0 Å². The van der Waals surface area contributed by atoms with E-state index in [2.05, 4.69) is 30.8 Å². The van der Waals surface area contributed by atoms with Crippen molar-refractivity contribution in [1.29, 1.82) is 0 Å². The Labute approximate surface area is 188 Å². The van der Waals surface area contributed by atoms with E-state index in [9.17, 15) is 9.59 Å². The average Bonchev–Trinajstić information content (AvgIpc) is 3.52. The first-order valence-corrected chi connectivity index (χ1v) is 11.2. The van der Waals surface area contributed by atoms with Crippen molar-refractivity contribution in [3.05, 3.63) is 65.1 Å². The number of nitrogens with zero attached hydrogens (tertiary/aromatic N) is 5. The van der Waals surface area contributed by atoms with Gasteiger partial charge in [-0.2, -0.15) is 4.52 Å². The highest BCUT2D eigenvalue weighted by molar-refractivity contribution is 7.12. The van der Waals surface area contributed by atoms with E-state index in [1.807, 2.05) is 23.6 Å². The van der Waals surface area contributed by atoms with E-state index in [-0.39, 0.29) is 17.7 Å². The number of carbonyl (C=O) groups is 2. The lowest BCUT2D eigenvalue weighted by atomic mass is 9.96. The van der Waals surface area contributed by atoms with Crippen LogP contribution in [0.5, 0.6) is 0 Å². The molecule has 162 valence electrons. The third kappa shape index (κ3) is 4.30. The molecule has 4 heterocycles. The van der Waals surface area contributed by atoms with Crippen molar-refractivity contribution in [3.63, 3.8) is 0 Å². The van der Waals surface area contributed by atoms with Crippen LogP contribution in [0.3, 0.4) is 0 Å². The standard InChI is InChI=1S/C22H21N7O2S/c30-21(24-16-3-5-17(6-4-16)25-22(31)18-2-1-13-32-18)15-9-11-28(12-10-15)20-8-7-19-26-23-14-29(19)27-20/h1-8,13-15H,9-12H2,(H,24,30)(H,25,31). The minimum absolute atomic E-state index is 0.0160. The molecule has 0 spiro atoms. The van der Waals surface area contributed by atoms with Crippen LogP contribution in [0.15, 0.2) is 60.2 Å². The molecule has 10 heteroatoms. The molecule has 0 aliphatic carbocycles. The number of nitrogens with one attached hydrogen (secondary N) is 2.